The van der Waals surface area contributed by atoms with Crippen LogP contribution in [0.3, 0.4) is 0 Å². The van der Waals surface area contributed by atoms with E-state index in [2.05, 4.69) is 19.2 Å². The third kappa shape index (κ3) is 2.98. The summed E-state index contributed by atoms with van der Waals surface area (Å²) < 4.78 is 19.3. The molecule has 0 aliphatic carbocycles. The largest absolute Gasteiger partial charge is 0.487 e. The van der Waals surface area contributed by atoms with Gasteiger partial charge in [0.1, 0.15) is 17.2 Å². The molecule has 0 radical (unpaired) electrons. The number of ether oxygens (including phenoxy) is 1. The molecule has 0 aromatic heterocycles. The third-order valence-corrected chi connectivity index (χ3v) is 3.93. The molecule has 1 aliphatic heterocycles. The first-order valence-electron chi connectivity index (χ1n) is 6.94. The first kappa shape index (κ1) is 14.2. The molecule has 0 bridgehead atoms. The molecule has 0 saturated carbocycles. The molecular weight excluding hydrogens is 289 g/mol. The molecule has 4 heteroatoms. The molecule has 1 N–H and O–H groups in total. The van der Waals surface area contributed by atoms with Crippen molar-refractivity contribution in [2.75, 3.05) is 5.32 Å². The molecule has 2 aromatic carbocycles. The van der Waals surface area contributed by atoms with Crippen LogP contribution in [0.25, 0.3) is 0 Å². The normalized spacial score (nSPS) is 19.5. The van der Waals surface area contributed by atoms with Crippen LogP contribution in [0.15, 0.2) is 42.5 Å². The summed E-state index contributed by atoms with van der Waals surface area (Å²) in [4.78, 5) is 0. The topological polar surface area (TPSA) is 21.3 Å². The van der Waals surface area contributed by atoms with Gasteiger partial charge in [0.05, 0.1) is 11.1 Å². The number of hydrogen-bond acceptors (Lipinski definition) is 2. The molecule has 0 spiro atoms. The molecule has 0 saturated heterocycles. The van der Waals surface area contributed by atoms with Crippen molar-refractivity contribution in [3.05, 3.63) is 58.9 Å². The van der Waals surface area contributed by atoms with Crippen molar-refractivity contribution in [2.24, 2.45) is 0 Å². The molecule has 3 rings (SSSR count). The molecule has 0 fully saturated rings. The highest BCUT2D eigenvalue weighted by atomic mass is 35.5. The number of fused-ring (bicyclic) bond motifs is 1. The van der Waals surface area contributed by atoms with Crippen molar-refractivity contribution in [1.29, 1.82) is 0 Å². The number of para-hydroxylation sites is 1. The number of halogens is 2. The van der Waals surface area contributed by atoms with E-state index in [4.69, 9.17) is 16.3 Å². The minimum absolute atomic E-state index is 0.103. The number of anilines is 1. The van der Waals surface area contributed by atoms with Gasteiger partial charge in [0, 0.05) is 17.7 Å². The van der Waals surface area contributed by atoms with E-state index in [1.807, 2.05) is 24.3 Å². The van der Waals surface area contributed by atoms with Crippen LogP contribution in [0.1, 0.15) is 31.9 Å². The Morgan fingerprint density at radius 1 is 1.24 bits per heavy atom. The smallest absolute Gasteiger partial charge is 0.141 e. The molecule has 1 heterocycles. The molecule has 1 unspecified atom stereocenters. The summed E-state index contributed by atoms with van der Waals surface area (Å²) in [5, 5.41) is 3.55. The van der Waals surface area contributed by atoms with Crippen LogP contribution in [0, 0.1) is 5.82 Å². The van der Waals surface area contributed by atoms with Gasteiger partial charge in [-0.2, -0.15) is 0 Å². The van der Waals surface area contributed by atoms with E-state index in [0.29, 0.717) is 0 Å². The van der Waals surface area contributed by atoms with Crippen LogP contribution in [0.5, 0.6) is 5.75 Å². The van der Waals surface area contributed by atoms with Crippen molar-refractivity contribution in [2.45, 2.75) is 31.9 Å². The van der Waals surface area contributed by atoms with Crippen LogP contribution >= 0.6 is 11.6 Å². The molecule has 0 amide bonds. The van der Waals surface area contributed by atoms with Crippen LogP contribution in [0.2, 0.25) is 5.02 Å². The van der Waals surface area contributed by atoms with Crippen molar-refractivity contribution >= 4 is 17.3 Å². The summed E-state index contributed by atoms with van der Waals surface area (Å²) in [6, 6.07) is 12.8. The highest BCUT2D eigenvalue weighted by Gasteiger charge is 2.33. The van der Waals surface area contributed by atoms with Crippen molar-refractivity contribution in [3.8, 4) is 5.75 Å². The fraction of sp³-hybridized carbons (Fsp3) is 0.294. The molecule has 21 heavy (non-hydrogen) atoms. The van der Waals surface area contributed by atoms with E-state index in [0.717, 1.165) is 23.4 Å². The summed E-state index contributed by atoms with van der Waals surface area (Å²) in [7, 11) is 0. The van der Waals surface area contributed by atoms with Crippen LogP contribution in [-0.2, 0) is 0 Å². The van der Waals surface area contributed by atoms with Gasteiger partial charge in [0.25, 0.3) is 0 Å². The summed E-state index contributed by atoms with van der Waals surface area (Å²) in [6.07, 6.45) is 0.818. The Morgan fingerprint density at radius 3 is 2.76 bits per heavy atom. The Balaban J connectivity index is 1.92. The van der Waals surface area contributed by atoms with Crippen LogP contribution in [0.4, 0.5) is 10.1 Å². The summed E-state index contributed by atoms with van der Waals surface area (Å²) in [5.74, 6) is 0.481. The molecule has 110 valence electrons. The molecule has 2 nitrogen and oxygen atoms in total. The van der Waals surface area contributed by atoms with Crippen molar-refractivity contribution in [3.63, 3.8) is 0 Å². The zero-order chi connectivity index (χ0) is 15.0. The van der Waals surface area contributed by atoms with Gasteiger partial charge in [-0.05, 0) is 38.1 Å². The van der Waals surface area contributed by atoms with E-state index in [9.17, 15) is 4.39 Å². The maximum atomic E-state index is 13.3. The molecule has 2 aromatic rings. The van der Waals surface area contributed by atoms with Gasteiger partial charge in [-0.15, -0.1) is 0 Å². The van der Waals surface area contributed by atoms with E-state index < -0.39 is 5.82 Å². The quantitative estimate of drug-likeness (QED) is 0.824. The van der Waals surface area contributed by atoms with E-state index in [1.54, 1.807) is 12.1 Å². The Bertz CT molecular complexity index is 672. The van der Waals surface area contributed by atoms with E-state index in [1.165, 1.54) is 6.07 Å². The van der Waals surface area contributed by atoms with Gasteiger partial charge < -0.3 is 10.1 Å². The minimum atomic E-state index is -0.407. The first-order chi connectivity index (χ1) is 9.94. The number of rotatable bonds is 2. The first-order valence-corrected chi connectivity index (χ1v) is 7.32. The van der Waals surface area contributed by atoms with Gasteiger partial charge in [0.15, 0.2) is 0 Å². The Labute approximate surface area is 128 Å². The minimum Gasteiger partial charge on any atom is -0.487 e. The molecular formula is C17H17ClFNO. The van der Waals surface area contributed by atoms with Crippen LogP contribution < -0.4 is 10.1 Å². The number of hydrogen-bond donors (Lipinski definition) is 1. The average molecular weight is 306 g/mol. The maximum absolute atomic E-state index is 13.3. The van der Waals surface area contributed by atoms with Gasteiger partial charge in [-0.1, -0.05) is 29.8 Å². The maximum Gasteiger partial charge on any atom is 0.141 e. The van der Waals surface area contributed by atoms with E-state index in [-0.39, 0.29) is 16.7 Å². The monoisotopic (exact) mass is 305 g/mol. The highest BCUT2D eigenvalue weighted by molar-refractivity contribution is 6.31. The number of nitrogens with one attached hydrogen (secondary N) is 1. The lowest BCUT2D eigenvalue weighted by molar-refractivity contribution is 0.0759. The Morgan fingerprint density at radius 2 is 2.00 bits per heavy atom. The van der Waals surface area contributed by atoms with Gasteiger partial charge >= 0.3 is 0 Å². The van der Waals surface area contributed by atoms with Gasteiger partial charge in [-0.3, -0.25) is 0 Å². The zero-order valence-corrected chi connectivity index (χ0v) is 12.7. The Kier molecular flexibility index (Phi) is 3.54. The predicted molar refractivity (Wildman–Crippen MR) is 83.5 cm³/mol. The van der Waals surface area contributed by atoms with Gasteiger partial charge in [0.2, 0.25) is 0 Å². The molecule has 1 aliphatic rings. The molecule has 1 atom stereocenters. The summed E-state index contributed by atoms with van der Waals surface area (Å²) >= 11 is 5.85. The summed E-state index contributed by atoms with van der Waals surface area (Å²) in [5.41, 5.74) is 1.66. The fourth-order valence-corrected chi connectivity index (χ4v) is 2.90. The summed E-state index contributed by atoms with van der Waals surface area (Å²) in [6.45, 7) is 4.13. The predicted octanol–water partition coefficient (Wildman–Crippen LogP) is 5.19. The second kappa shape index (κ2) is 5.23. The van der Waals surface area contributed by atoms with E-state index >= 15 is 0 Å². The third-order valence-electron chi connectivity index (χ3n) is 3.64. The Hall–Kier alpha value is -1.74. The second-order valence-corrected chi connectivity index (χ2v) is 6.34. The van der Waals surface area contributed by atoms with Crippen molar-refractivity contribution < 1.29 is 9.13 Å². The standard InChI is InChI=1S/C17H17ClFNO/c1-17(2)10-15(12-5-3-4-6-16(12)21-17)20-11-7-8-14(19)13(18)9-11/h3-9,15,20H,10H2,1-2H3. The lowest BCUT2D eigenvalue weighted by Crippen LogP contribution is -2.37. The average Bonchev–Trinajstić information content (AvgIpc) is 2.42. The van der Waals surface area contributed by atoms with Crippen molar-refractivity contribution in [1.82, 2.24) is 0 Å². The SMILES string of the molecule is CC1(C)CC(Nc2ccc(F)c(Cl)c2)c2ccccc2O1. The second-order valence-electron chi connectivity index (χ2n) is 5.93. The van der Waals surface area contributed by atoms with Gasteiger partial charge in [-0.25, -0.2) is 4.39 Å². The lowest BCUT2D eigenvalue weighted by Gasteiger charge is -2.38. The van der Waals surface area contributed by atoms with Crippen LogP contribution in [-0.4, -0.2) is 5.60 Å². The fourth-order valence-electron chi connectivity index (χ4n) is 2.72. The highest BCUT2D eigenvalue weighted by Crippen LogP contribution is 2.41. The lowest BCUT2D eigenvalue weighted by atomic mass is 9.89. The number of benzene rings is 2. The zero-order valence-electron chi connectivity index (χ0n) is 12.0.